The molecule has 1 rings (SSSR count). The van der Waals surface area contributed by atoms with Crippen LogP contribution < -0.4 is 5.73 Å². The first-order chi connectivity index (χ1) is 6.13. The van der Waals surface area contributed by atoms with Crippen molar-refractivity contribution in [3.63, 3.8) is 0 Å². The van der Waals surface area contributed by atoms with Crippen LogP contribution in [0.25, 0.3) is 0 Å². The van der Waals surface area contributed by atoms with E-state index in [0.717, 1.165) is 5.56 Å². The van der Waals surface area contributed by atoms with Gasteiger partial charge in [0.05, 0.1) is 5.56 Å². The Morgan fingerprint density at radius 2 is 2.23 bits per heavy atom. The van der Waals surface area contributed by atoms with E-state index >= 15 is 0 Å². The van der Waals surface area contributed by atoms with E-state index < -0.39 is 5.97 Å². The van der Waals surface area contributed by atoms with Gasteiger partial charge in [-0.3, -0.25) is 0 Å². The fourth-order valence-corrected chi connectivity index (χ4v) is 1.06. The lowest BCUT2D eigenvalue weighted by Gasteiger charge is -2.01. The summed E-state index contributed by atoms with van der Waals surface area (Å²) in [6, 6.07) is 4.60. The summed E-state index contributed by atoms with van der Waals surface area (Å²) in [5.74, 6) is 1.43. The Bertz CT molecular complexity index is 377. The van der Waals surface area contributed by atoms with Crippen molar-refractivity contribution >= 4 is 11.7 Å². The van der Waals surface area contributed by atoms with Crippen molar-refractivity contribution in [3.05, 3.63) is 29.3 Å². The maximum atomic E-state index is 10.6. The predicted octanol–water partition coefficient (Wildman–Crippen LogP) is 1.14. The van der Waals surface area contributed by atoms with Crippen molar-refractivity contribution in [1.82, 2.24) is 0 Å². The molecule has 0 saturated heterocycles. The summed E-state index contributed by atoms with van der Waals surface area (Å²) in [5, 5.41) is 8.69. The van der Waals surface area contributed by atoms with Gasteiger partial charge in [0.25, 0.3) is 0 Å². The molecule has 0 aliphatic carbocycles. The molecule has 66 valence electrons. The average molecular weight is 175 g/mol. The highest BCUT2D eigenvalue weighted by atomic mass is 16.4. The largest absolute Gasteiger partial charge is 0.478 e. The number of hydrogen-bond donors (Lipinski definition) is 2. The number of benzene rings is 1. The van der Waals surface area contributed by atoms with Gasteiger partial charge in [0, 0.05) is 12.1 Å². The van der Waals surface area contributed by atoms with Gasteiger partial charge >= 0.3 is 5.97 Å². The van der Waals surface area contributed by atoms with Gasteiger partial charge in [0.1, 0.15) is 0 Å². The number of nitrogen functional groups attached to an aromatic ring is 1. The first-order valence-electron chi connectivity index (χ1n) is 3.69. The fraction of sp³-hybridized carbons (Fsp3) is 0.100. The minimum absolute atomic E-state index is 0.172. The Kier molecular flexibility index (Phi) is 2.56. The molecule has 0 spiro atoms. The third-order valence-electron chi connectivity index (χ3n) is 1.57. The Morgan fingerprint density at radius 3 is 2.77 bits per heavy atom. The van der Waals surface area contributed by atoms with Crippen LogP contribution in [0, 0.1) is 12.3 Å². The molecule has 0 fully saturated rings. The molecule has 0 radical (unpaired) electrons. The van der Waals surface area contributed by atoms with E-state index in [4.69, 9.17) is 17.3 Å². The van der Waals surface area contributed by atoms with Crippen LogP contribution >= 0.6 is 0 Å². The molecule has 1 aromatic carbocycles. The zero-order chi connectivity index (χ0) is 9.84. The Balaban J connectivity index is 3.12. The van der Waals surface area contributed by atoms with Crippen LogP contribution in [0.15, 0.2) is 18.2 Å². The summed E-state index contributed by atoms with van der Waals surface area (Å²) < 4.78 is 0. The lowest BCUT2D eigenvalue weighted by atomic mass is 10.1. The van der Waals surface area contributed by atoms with Crippen LogP contribution in [-0.4, -0.2) is 11.1 Å². The summed E-state index contributed by atoms with van der Waals surface area (Å²) in [7, 11) is 0. The molecule has 0 heterocycles. The number of hydrogen-bond acceptors (Lipinski definition) is 2. The third kappa shape index (κ3) is 2.24. The van der Waals surface area contributed by atoms with Crippen molar-refractivity contribution in [2.75, 3.05) is 5.73 Å². The van der Waals surface area contributed by atoms with Crippen LogP contribution in [0.3, 0.4) is 0 Å². The Morgan fingerprint density at radius 1 is 1.54 bits per heavy atom. The van der Waals surface area contributed by atoms with Crippen molar-refractivity contribution in [2.24, 2.45) is 0 Å². The molecular formula is C10H9NO2. The summed E-state index contributed by atoms with van der Waals surface area (Å²) in [6.45, 7) is 0. The summed E-state index contributed by atoms with van der Waals surface area (Å²) >= 11 is 0. The summed E-state index contributed by atoms with van der Waals surface area (Å²) in [5.41, 5.74) is 6.84. The second kappa shape index (κ2) is 3.63. The zero-order valence-corrected chi connectivity index (χ0v) is 6.95. The van der Waals surface area contributed by atoms with Gasteiger partial charge in [-0.25, -0.2) is 4.79 Å². The molecule has 0 amide bonds. The number of terminal acetylenes is 1. The quantitative estimate of drug-likeness (QED) is 0.523. The maximum absolute atomic E-state index is 10.6. The molecule has 0 aromatic heterocycles. The molecule has 1 aromatic rings. The molecule has 3 heteroatoms. The molecule has 0 atom stereocenters. The second-order valence-corrected chi connectivity index (χ2v) is 2.65. The van der Waals surface area contributed by atoms with Gasteiger partial charge in [0.15, 0.2) is 0 Å². The Labute approximate surface area is 76.2 Å². The predicted molar refractivity (Wildman–Crippen MR) is 50.4 cm³/mol. The number of carboxylic acids is 1. The maximum Gasteiger partial charge on any atom is 0.335 e. The fourth-order valence-electron chi connectivity index (χ4n) is 1.06. The van der Waals surface area contributed by atoms with Crippen LogP contribution in [-0.2, 0) is 6.42 Å². The van der Waals surface area contributed by atoms with Gasteiger partial charge in [-0.2, -0.15) is 0 Å². The van der Waals surface area contributed by atoms with E-state index in [1.165, 1.54) is 12.1 Å². The molecule has 0 unspecified atom stereocenters. The topological polar surface area (TPSA) is 63.3 Å². The van der Waals surface area contributed by atoms with Crippen LogP contribution in [0.1, 0.15) is 15.9 Å². The first kappa shape index (κ1) is 9.14. The highest BCUT2D eigenvalue weighted by Gasteiger charge is 2.04. The van der Waals surface area contributed by atoms with Gasteiger partial charge in [-0.1, -0.05) is 0 Å². The van der Waals surface area contributed by atoms with Crippen molar-refractivity contribution in [1.29, 1.82) is 0 Å². The standard InChI is InChI=1S/C10H9NO2/c1-2-3-7-4-8(10(12)13)6-9(11)5-7/h1,4-6H,3,11H2,(H,12,13). The van der Waals surface area contributed by atoms with Crippen molar-refractivity contribution in [2.45, 2.75) is 6.42 Å². The van der Waals surface area contributed by atoms with Gasteiger partial charge in [-0.15, -0.1) is 12.3 Å². The van der Waals surface area contributed by atoms with Crippen LogP contribution in [0.2, 0.25) is 0 Å². The molecular weight excluding hydrogens is 166 g/mol. The van der Waals surface area contributed by atoms with Gasteiger partial charge in [-0.05, 0) is 23.8 Å². The smallest absolute Gasteiger partial charge is 0.335 e. The normalized spacial score (nSPS) is 9.15. The minimum atomic E-state index is -0.995. The van der Waals surface area contributed by atoms with E-state index in [0.29, 0.717) is 12.1 Å². The molecule has 0 saturated carbocycles. The van der Waals surface area contributed by atoms with Gasteiger partial charge in [0.2, 0.25) is 0 Å². The monoisotopic (exact) mass is 175 g/mol. The van der Waals surface area contributed by atoms with E-state index in [1.54, 1.807) is 6.07 Å². The number of nitrogens with two attached hydrogens (primary N) is 1. The Hall–Kier alpha value is -1.95. The summed E-state index contributed by atoms with van der Waals surface area (Å²) in [4.78, 5) is 10.6. The second-order valence-electron chi connectivity index (χ2n) is 2.65. The number of anilines is 1. The lowest BCUT2D eigenvalue weighted by molar-refractivity contribution is 0.0697. The van der Waals surface area contributed by atoms with Crippen molar-refractivity contribution in [3.8, 4) is 12.3 Å². The van der Waals surface area contributed by atoms with E-state index in [2.05, 4.69) is 5.92 Å². The molecule has 0 bridgehead atoms. The molecule has 0 aliphatic heterocycles. The third-order valence-corrected chi connectivity index (χ3v) is 1.57. The number of carbonyl (C=O) groups is 1. The SMILES string of the molecule is C#CCc1cc(N)cc(C(=O)O)c1. The van der Waals surface area contributed by atoms with Crippen LogP contribution in [0.4, 0.5) is 5.69 Å². The van der Waals surface area contributed by atoms with E-state index in [-0.39, 0.29) is 5.56 Å². The van der Waals surface area contributed by atoms with E-state index in [1.807, 2.05) is 0 Å². The number of carboxylic acid groups (broad SMARTS) is 1. The van der Waals surface area contributed by atoms with Gasteiger partial charge < -0.3 is 10.8 Å². The van der Waals surface area contributed by atoms with E-state index in [9.17, 15) is 4.79 Å². The molecule has 3 nitrogen and oxygen atoms in total. The average Bonchev–Trinajstić information content (AvgIpc) is 2.03. The zero-order valence-electron chi connectivity index (χ0n) is 6.95. The molecule has 13 heavy (non-hydrogen) atoms. The first-order valence-corrected chi connectivity index (χ1v) is 3.69. The van der Waals surface area contributed by atoms with Crippen LogP contribution in [0.5, 0.6) is 0 Å². The summed E-state index contributed by atoms with van der Waals surface area (Å²) in [6.07, 6.45) is 5.49. The van der Waals surface area contributed by atoms with Crippen molar-refractivity contribution < 1.29 is 9.90 Å². The minimum Gasteiger partial charge on any atom is -0.478 e. The molecule has 0 aliphatic rings. The lowest BCUT2D eigenvalue weighted by Crippen LogP contribution is -1.99. The molecule has 3 N–H and O–H groups in total. The number of aromatic carboxylic acids is 1. The highest BCUT2D eigenvalue weighted by molar-refractivity contribution is 5.89. The number of rotatable bonds is 2. The highest BCUT2D eigenvalue weighted by Crippen LogP contribution is 2.12.